The lowest BCUT2D eigenvalue weighted by Gasteiger charge is -2.10. The third-order valence-corrected chi connectivity index (χ3v) is 2.30. The van der Waals surface area contributed by atoms with E-state index in [1.165, 1.54) is 0 Å². The summed E-state index contributed by atoms with van der Waals surface area (Å²) in [5.74, 6) is 0.648. The number of rotatable bonds is 4. The zero-order chi connectivity index (χ0) is 11.4. The van der Waals surface area contributed by atoms with Crippen molar-refractivity contribution in [2.24, 2.45) is 18.7 Å². The highest BCUT2D eigenvalue weighted by Crippen LogP contribution is 2.10. The van der Waals surface area contributed by atoms with Crippen LogP contribution in [0.1, 0.15) is 19.0 Å². The normalized spacial score (nSPS) is 12.5. The summed E-state index contributed by atoms with van der Waals surface area (Å²) in [7, 11) is 1.80. The molecular weight excluding hydrogens is 192 g/mol. The van der Waals surface area contributed by atoms with E-state index in [-0.39, 0.29) is 11.8 Å². The van der Waals surface area contributed by atoms with Crippen LogP contribution in [0.4, 0.5) is 5.82 Å². The van der Waals surface area contributed by atoms with Crippen molar-refractivity contribution < 1.29 is 4.79 Å². The molecule has 1 rings (SSSR count). The van der Waals surface area contributed by atoms with Crippen LogP contribution in [-0.4, -0.2) is 22.2 Å². The number of carbonyl (C=O) groups excluding carboxylic acids is 1. The first-order valence-corrected chi connectivity index (χ1v) is 5.06. The van der Waals surface area contributed by atoms with Crippen LogP contribution < -0.4 is 11.1 Å². The molecule has 0 fully saturated rings. The molecule has 1 amide bonds. The van der Waals surface area contributed by atoms with Crippen LogP contribution in [0.2, 0.25) is 0 Å². The Kier molecular flexibility index (Phi) is 3.85. The Hall–Kier alpha value is -1.36. The predicted octanol–water partition coefficient (Wildman–Crippen LogP) is 0.652. The molecule has 1 aromatic rings. The zero-order valence-corrected chi connectivity index (χ0v) is 9.45. The number of aryl methyl sites for hydroxylation is 2. The lowest BCUT2D eigenvalue weighted by Crippen LogP contribution is -2.23. The van der Waals surface area contributed by atoms with Gasteiger partial charge >= 0.3 is 0 Å². The fourth-order valence-electron chi connectivity index (χ4n) is 1.36. The number of hydrogen-bond acceptors (Lipinski definition) is 3. The summed E-state index contributed by atoms with van der Waals surface area (Å²) in [5, 5.41) is 6.97. The summed E-state index contributed by atoms with van der Waals surface area (Å²) in [6, 6.07) is 1.84. The summed E-state index contributed by atoms with van der Waals surface area (Å²) >= 11 is 0. The van der Waals surface area contributed by atoms with Crippen molar-refractivity contribution in [3.63, 3.8) is 0 Å². The van der Waals surface area contributed by atoms with Gasteiger partial charge in [-0.25, -0.2) is 0 Å². The lowest BCUT2D eigenvalue weighted by atomic mass is 10.1. The van der Waals surface area contributed by atoms with Gasteiger partial charge in [-0.05, 0) is 19.9 Å². The Balaban J connectivity index is 2.62. The van der Waals surface area contributed by atoms with Gasteiger partial charge in [0.15, 0.2) is 0 Å². The number of aromatic nitrogens is 2. The number of nitrogens with two attached hydrogens (primary N) is 1. The first-order chi connectivity index (χ1) is 7.04. The molecule has 0 radical (unpaired) electrons. The molecule has 1 aromatic heterocycles. The minimum absolute atomic E-state index is 0.0107. The van der Waals surface area contributed by atoms with Gasteiger partial charge in [-0.3, -0.25) is 9.48 Å². The molecule has 0 aromatic carbocycles. The minimum Gasteiger partial charge on any atom is -0.330 e. The van der Waals surface area contributed by atoms with Gasteiger partial charge < -0.3 is 11.1 Å². The summed E-state index contributed by atoms with van der Waals surface area (Å²) in [6.45, 7) is 4.28. The number of carbonyl (C=O) groups is 1. The summed E-state index contributed by atoms with van der Waals surface area (Å²) in [6.07, 6.45) is 0.697. The maximum absolute atomic E-state index is 11.7. The smallest absolute Gasteiger partial charge is 0.228 e. The van der Waals surface area contributed by atoms with Crippen molar-refractivity contribution in [3.05, 3.63) is 11.8 Å². The Bertz CT molecular complexity index is 345. The van der Waals surface area contributed by atoms with Crippen molar-refractivity contribution in [1.82, 2.24) is 9.78 Å². The quantitative estimate of drug-likeness (QED) is 0.766. The van der Waals surface area contributed by atoms with Crippen molar-refractivity contribution in [1.29, 1.82) is 0 Å². The summed E-state index contributed by atoms with van der Waals surface area (Å²) in [5.41, 5.74) is 6.29. The summed E-state index contributed by atoms with van der Waals surface area (Å²) in [4.78, 5) is 11.7. The second kappa shape index (κ2) is 4.93. The largest absolute Gasteiger partial charge is 0.330 e. The molecule has 1 atom stereocenters. The molecule has 0 bridgehead atoms. The molecular formula is C10H18N4O. The number of nitrogens with one attached hydrogen (secondary N) is 1. The van der Waals surface area contributed by atoms with Gasteiger partial charge in [-0.15, -0.1) is 0 Å². The van der Waals surface area contributed by atoms with Crippen LogP contribution in [0.15, 0.2) is 6.07 Å². The second-order valence-corrected chi connectivity index (χ2v) is 3.76. The number of anilines is 1. The van der Waals surface area contributed by atoms with Crippen molar-refractivity contribution >= 4 is 11.7 Å². The standard InChI is InChI=1S/C10H18N4O/c1-7(4-5-11)10(15)12-9-6-8(2)13-14(9)3/h6-7H,4-5,11H2,1-3H3,(H,12,15). The van der Waals surface area contributed by atoms with Gasteiger partial charge in [-0.2, -0.15) is 5.10 Å². The lowest BCUT2D eigenvalue weighted by molar-refractivity contribution is -0.119. The fraction of sp³-hybridized carbons (Fsp3) is 0.600. The van der Waals surface area contributed by atoms with Gasteiger partial charge in [0.1, 0.15) is 5.82 Å². The Morgan fingerprint density at radius 2 is 2.40 bits per heavy atom. The highest BCUT2D eigenvalue weighted by molar-refractivity contribution is 5.91. The number of amides is 1. The number of nitrogens with zero attached hydrogens (tertiary/aromatic N) is 2. The SMILES string of the molecule is Cc1cc(NC(=O)C(C)CCN)n(C)n1. The third kappa shape index (κ3) is 3.06. The molecule has 0 spiro atoms. The Morgan fingerprint density at radius 3 is 2.87 bits per heavy atom. The Labute approximate surface area is 89.6 Å². The molecule has 3 N–H and O–H groups in total. The van der Waals surface area contributed by atoms with Crippen LogP contribution in [0.25, 0.3) is 0 Å². The summed E-state index contributed by atoms with van der Waals surface area (Å²) < 4.78 is 1.66. The predicted molar refractivity (Wildman–Crippen MR) is 59.4 cm³/mol. The van der Waals surface area contributed by atoms with E-state index in [0.717, 1.165) is 11.5 Å². The van der Waals surface area contributed by atoms with E-state index in [9.17, 15) is 4.79 Å². The van der Waals surface area contributed by atoms with E-state index in [0.29, 0.717) is 13.0 Å². The highest BCUT2D eigenvalue weighted by atomic mass is 16.1. The van der Waals surface area contributed by atoms with E-state index in [1.807, 2.05) is 19.9 Å². The van der Waals surface area contributed by atoms with E-state index in [1.54, 1.807) is 11.7 Å². The molecule has 0 aliphatic rings. The molecule has 84 valence electrons. The first kappa shape index (κ1) is 11.7. The molecule has 0 aliphatic carbocycles. The van der Waals surface area contributed by atoms with Crippen molar-refractivity contribution in [3.8, 4) is 0 Å². The molecule has 5 heteroatoms. The average molecular weight is 210 g/mol. The fourth-order valence-corrected chi connectivity index (χ4v) is 1.36. The zero-order valence-electron chi connectivity index (χ0n) is 9.45. The van der Waals surface area contributed by atoms with E-state index in [4.69, 9.17) is 5.73 Å². The van der Waals surface area contributed by atoms with Gasteiger partial charge in [0, 0.05) is 19.0 Å². The van der Waals surface area contributed by atoms with Crippen LogP contribution >= 0.6 is 0 Å². The molecule has 5 nitrogen and oxygen atoms in total. The van der Waals surface area contributed by atoms with E-state index in [2.05, 4.69) is 10.4 Å². The number of hydrogen-bond donors (Lipinski definition) is 2. The van der Waals surface area contributed by atoms with Gasteiger partial charge in [-0.1, -0.05) is 6.92 Å². The van der Waals surface area contributed by atoms with E-state index < -0.39 is 0 Å². The first-order valence-electron chi connectivity index (χ1n) is 5.06. The van der Waals surface area contributed by atoms with Crippen LogP contribution in [0.5, 0.6) is 0 Å². The molecule has 1 unspecified atom stereocenters. The molecule has 0 aliphatic heterocycles. The van der Waals surface area contributed by atoms with Gasteiger partial charge in [0.2, 0.25) is 5.91 Å². The molecule has 15 heavy (non-hydrogen) atoms. The van der Waals surface area contributed by atoms with E-state index >= 15 is 0 Å². The topological polar surface area (TPSA) is 72.9 Å². The van der Waals surface area contributed by atoms with Crippen molar-refractivity contribution in [2.45, 2.75) is 20.3 Å². The molecule has 0 saturated carbocycles. The van der Waals surface area contributed by atoms with Gasteiger partial charge in [0.25, 0.3) is 0 Å². The average Bonchev–Trinajstić information content (AvgIpc) is 2.45. The van der Waals surface area contributed by atoms with Crippen LogP contribution in [-0.2, 0) is 11.8 Å². The van der Waals surface area contributed by atoms with Crippen LogP contribution in [0, 0.1) is 12.8 Å². The maximum Gasteiger partial charge on any atom is 0.228 e. The highest BCUT2D eigenvalue weighted by Gasteiger charge is 2.13. The van der Waals surface area contributed by atoms with Crippen LogP contribution in [0.3, 0.4) is 0 Å². The second-order valence-electron chi connectivity index (χ2n) is 3.76. The third-order valence-electron chi connectivity index (χ3n) is 2.30. The maximum atomic E-state index is 11.7. The molecule has 0 saturated heterocycles. The Morgan fingerprint density at radius 1 is 1.73 bits per heavy atom. The minimum atomic E-state index is -0.0646. The molecule has 1 heterocycles. The van der Waals surface area contributed by atoms with Crippen molar-refractivity contribution in [2.75, 3.05) is 11.9 Å². The monoisotopic (exact) mass is 210 g/mol. The van der Waals surface area contributed by atoms with Gasteiger partial charge in [0.05, 0.1) is 5.69 Å².